The van der Waals surface area contributed by atoms with Gasteiger partial charge in [0.05, 0.1) is 12.0 Å². The summed E-state index contributed by atoms with van der Waals surface area (Å²) in [5.41, 5.74) is 0.528. The fourth-order valence-corrected chi connectivity index (χ4v) is 2.60. The maximum atomic E-state index is 11.3. The molecule has 0 atom stereocenters. The molecule has 2 aromatic carbocycles. The molecular weight excluding hydrogens is 278 g/mol. The largest absolute Gasteiger partial charge is 0.493 e. The zero-order chi connectivity index (χ0) is 14.8. The number of methoxy groups -OCH3 is 1. The molecule has 0 fully saturated rings. The smallest absolute Gasteiger partial charge is 0.238 e. The van der Waals surface area contributed by atoms with Crippen molar-refractivity contribution in [3.63, 3.8) is 0 Å². The van der Waals surface area contributed by atoms with Crippen LogP contribution < -0.4 is 14.6 Å². The van der Waals surface area contributed by atoms with Gasteiger partial charge >= 0.3 is 0 Å². The summed E-state index contributed by atoms with van der Waals surface area (Å²) in [6.07, 6.45) is 0. The first kappa shape index (κ1) is 14.4. The number of nitrogens with two attached hydrogens (primary N) is 1. The molecule has 6 heteroatoms. The predicted octanol–water partition coefficient (Wildman–Crippen LogP) is 2.44. The van der Waals surface area contributed by atoms with E-state index in [2.05, 4.69) is 0 Å². The zero-order valence-corrected chi connectivity index (χ0v) is 12.0. The van der Waals surface area contributed by atoms with Crippen LogP contribution in [0.4, 0.5) is 0 Å². The minimum atomic E-state index is -3.72. The van der Waals surface area contributed by atoms with Crippen LogP contribution in [0.2, 0.25) is 0 Å². The molecule has 2 aromatic rings. The first-order valence-electron chi connectivity index (χ1n) is 5.86. The Balaban J connectivity index is 2.34. The summed E-state index contributed by atoms with van der Waals surface area (Å²) in [6, 6.07) is 11.8. The highest BCUT2D eigenvalue weighted by atomic mass is 32.2. The SMILES string of the molecule is COc1ccccc1Oc1ccc(S(N)(=O)=O)c(C)c1. The highest BCUT2D eigenvalue weighted by Gasteiger charge is 2.12. The Morgan fingerprint density at radius 1 is 1.05 bits per heavy atom. The first-order chi connectivity index (χ1) is 9.41. The van der Waals surface area contributed by atoms with E-state index in [0.29, 0.717) is 22.8 Å². The molecule has 0 aromatic heterocycles. The van der Waals surface area contributed by atoms with Gasteiger partial charge in [-0.1, -0.05) is 12.1 Å². The molecule has 0 saturated heterocycles. The van der Waals surface area contributed by atoms with Gasteiger partial charge in [0.2, 0.25) is 10.0 Å². The van der Waals surface area contributed by atoms with Crippen molar-refractivity contribution in [3.05, 3.63) is 48.0 Å². The number of ether oxygens (including phenoxy) is 2. The monoisotopic (exact) mass is 293 g/mol. The van der Waals surface area contributed by atoms with Crippen LogP contribution in [0.25, 0.3) is 0 Å². The molecule has 2 rings (SSSR count). The van der Waals surface area contributed by atoms with E-state index >= 15 is 0 Å². The fourth-order valence-electron chi connectivity index (χ4n) is 1.83. The number of hydrogen-bond donors (Lipinski definition) is 1. The van der Waals surface area contributed by atoms with Gasteiger partial charge in [0.15, 0.2) is 11.5 Å². The molecule has 2 N–H and O–H groups in total. The Morgan fingerprint density at radius 2 is 1.70 bits per heavy atom. The summed E-state index contributed by atoms with van der Waals surface area (Å²) in [5.74, 6) is 1.66. The van der Waals surface area contributed by atoms with Crippen molar-refractivity contribution in [1.82, 2.24) is 0 Å². The average Bonchev–Trinajstić information content (AvgIpc) is 2.38. The Kier molecular flexibility index (Phi) is 3.96. The van der Waals surface area contributed by atoms with E-state index in [1.165, 1.54) is 6.07 Å². The Bertz CT molecular complexity index is 726. The molecule has 5 nitrogen and oxygen atoms in total. The van der Waals surface area contributed by atoms with Gasteiger partial charge in [-0.25, -0.2) is 13.6 Å². The molecule has 106 valence electrons. The second kappa shape index (κ2) is 5.52. The molecule has 0 spiro atoms. The number of primary sulfonamides is 1. The minimum absolute atomic E-state index is 0.0878. The highest BCUT2D eigenvalue weighted by molar-refractivity contribution is 7.89. The lowest BCUT2D eigenvalue weighted by Gasteiger charge is -2.11. The van der Waals surface area contributed by atoms with Crippen LogP contribution in [0.5, 0.6) is 17.2 Å². The van der Waals surface area contributed by atoms with Crippen LogP contribution in [0.1, 0.15) is 5.56 Å². The number of sulfonamides is 1. The minimum Gasteiger partial charge on any atom is -0.493 e. The van der Waals surface area contributed by atoms with Crippen molar-refractivity contribution >= 4 is 10.0 Å². The van der Waals surface area contributed by atoms with Gasteiger partial charge in [-0.2, -0.15) is 0 Å². The quantitative estimate of drug-likeness (QED) is 0.939. The van der Waals surface area contributed by atoms with E-state index in [1.54, 1.807) is 38.3 Å². The lowest BCUT2D eigenvalue weighted by atomic mass is 10.2. The van der Waals surface area contributed by atoms with Gasteiger partial charge in [0, 0.05) is 0 Å². The van der Waals surface area contributed by atoms with E-state index < -0.39 is 10.0 Å². The van der Waals surface area contributed by atoms with Crippen molar-refractivity contribution in [2.75, 3.05) is 7.11 Å². The Morgan fingerprint density at radius 3 is 2.25 bits per heavy atom. The van der Waals surface area contributed by atoms with E-state index in [4.69, 9.17) is 14.6 Å². The number of rotatable bonds is 4. The zero-order valence-electron chi connectivity index (χ0n) is 11.2. The summed E-state index contributed by atoms with van der Waals surface area (Å²) in [4.78, 5) is 0.0878. The second-order valence-corrected chi connectivity index (χ2v) is 5.76. The molecular formula is C14H15NO4S. The lowest BCUT2D eigenvalue weighted by molar-refractivity contribution is 0.378. The van der Waals surface area contributed by atoms with Crippen molar-refractivity contribution in [1.29, 1.82) is 0 Å². The van der Waals surface area contributed by atoms with Crippen LogP contribution in [-0.2, 0) is 10.0 Å². The third kappa shape index (κ3) is 3.09. The van der Waals surface area contributed by atoms with Gasteiger partial charge in [-0.05, 0) is 42.8 Å². The predicted molar refractivity (Wildman–Crippen MR) is 75.6 cm³/mol. The second-order valence-electron chi connectivity index (χ2n) is 4.23. The lowest BCUT2D eigenvalue weighted by Crippen LogP contribution is -2.13. The van der Waals surface area contributed by atoms with Crippen LogP contribution in [0, 0.1) is 6.92 Å². The normalized spacial score (nSPS) is 11.2. The van der Waals surface area contributed by atoms with Crippen LogP contribution in [-0.4, -0.2) is 15.5 Å². The van der Waals surface area contributed by atoms with Gasteiger partial charge in [0.25, 0.3) is 0 Å². The van der Waals surface area contributed by atoms with Crippen molar-refractivity contribution in [2.24, 2.45) is 5.14 Å². The highest BCUT2D eigenvalue weighted by Crippen LogP contribution is 2.32. The number of hydrogen-bond acceptors (Lipinski definition) is 4. The molecule has 0 aliphatic rings. The van der Waals surface area contributed by atoms with Crippen molar-refractivity contribution in [3.8, 4) is 17.2 Å². The summed E-state index contributed by atoms with van der Waals surface area (Å²) < 4.78 is 33.6. The summed E-state index contributed by atoms with van der Waals surface area (Å²) in [6.45, 7) is 1.66. The Labute approximate surface area is 118 Å². The maximum absolute atomic E-state index is 11.3. The van der Waals surface area contributed by atoms with Gasteiger partial charge in [-0.15, -0.1) is 0 Å². The molecule has 0 heterocycles. The van der Waals surface area contributed by atoms with E-state index in [-0.39, 0.29) is 4.90 Å². The van der Waals surface area contributed by atoms with Gasteiger partial charge in [-0.3, -0.25) is 0 Å². The van der Waals surface area contributed by atoms with E-state index in [0.717, 1.165) is 0 Å². The van der Waals surface area contributed by atoms with Crippen LogP contribution in [0.15, 0.2) is 47.4 Å². The fraction of sp³-hybridized carbons (Fsp3) is 0.143. The number of aryl methyl sites for hydroxylation is 1. The molecule has 0 unspecified atom stereocenters. The van der Waals surface area contributed by atoms with Gasteiger partial charge < -0.3 is 9.47 Å². The maximum Gasteiger partial charge on any atom is 0.238 e. The van der Waals surface area contributed by atoms with Crippen molar-refractivity contribution in [2.45, 2.75) is 11.8 Å². The summed E-state index contributed by atoms with van der Waals surface area (Å²) >= 11 is 0. The van der Waals surface area contributed by atoms with Crippen LogP contribution in [0.3, 0.4) is 0 Å². The third-order valence-electron chi connectivity index (χ3n) is 2.75. The first-order valence-corrected chi connectivity index (χ1v) is 7.41. The summed E-state index contributed by atoms with van der Waals surface area (Å²) in [5, 5.41) is 5.12. The molecule has 20 heavy (non-hydrogen) atoms. The molecule has 0 radical (unpaired) electrons. The molecule has 0 aliphatic carbocycles. The third-order valence-corrected chi connectivity index (χ3v) is 3.82. The number of para-hydroxylation sites is 2. The van der Waals surface area contributed by atoms with Crippen LogP contribution >= 0.6 is 0 Å². The topological polar surface area (TPSA) is 78.6 Å². The molecule has 0 aliphatic heterocycles. The summed E-state index contributed by atoms with van der Waals surface area (Å²) in [7, 11) is -2.16. The van der Waals surface area contributed by atoms with E-state index in [9.17, 15) is 8.42 Å². The number of benzene rings is 2. The molecule has 0 bridgehead atoms. The molecule has 0 saturated carbocycles. The standard InChI is InChI=1S/C14H15NO4S/c1-10-9-11(7-8-14(10)20(15,16)17)19-13-6-4-3-5-12(13)18-2/h3-9H,1-2H3,(H2,15,16,17). The average molecular weight is 293 g/mol. The Hall–Kier alpha value is -2.05. The van der Waals surface area contributed by atoms with Gasteiger partial charge in [0.1, 0.15) is 5.75 Å². The molecule has 0 amide bonds. The van der Waals surface area contributed by atoms with E-state index in [1.807, 2.05) is 12.1 Å². The van der Waals surface area contributed by atoms with Crippen molar-refractivity contribution < 1.29 is 17.9 Å².